The van der Waals surface area contributed by atoms with Crippen molar-refractivity contribution >= 4 is 0 Å². The van der Waals surface area contributed by atoms with Gasteiger partial charge in [-0.3, -0.25) is 9.88 Å². The lowest BCUT2D eigenvalue weighted by molar-refractivity contribution is -0.0647. The van der Waals surface area contributed by atoms with Crippen LogP contribution >= 0.6 is 0 Å². The first-order chi connectivity index (χ1) is 11.6. The number of aromatic nitrogens is 1. The van der Waals surface area contributed by atoms with E-state index in [0.717, 1.165) is 23.6 Å². The van der Waals surface area contributed by atoms with Crippen LogP contribution < -0.4 is 4.74 Å². The molecule has 0 radical (unpaired) electrons. The number of pyridine rings is 1. The van der Waals surface area contributed by atoms with Crippen molar-refractivity contribution < 1.29 is 14.6 Å². The molecule has 1 aliphatic heterocycles. The largest absolute Gasteiger partial charge is 0.490 e. The highest BCUT2D eigenvalue weighted by molar-refractivity contribution is 5.27. The van der Waals surface area contributed by atoms with Gasteiger partial charge in [0.2, 0.25) is 0 Å². The molecule has 5 nitrogen and oxygen atoms in total. The lowest BCUT2D eigenvalue weighted by Crippen LogP contribution is -2.48. The van der Waals surface area contributed by atoms with E-state index in [1.165, 1.54) is 0 Å². The Morgan fingerprint density at radius 2 is 2.21 bits per heavy atom. The summed E-state index contributed by atoms with van der Waals surface area (Å²) in [5.74, 6) is 0.768. The zero-order valence-corrected chi connectivity index (χ0v) is 14.0. The number of aliphatic hydroxyl groups is 1. The van der Waals surface area contributed by atoms with Crippen LogP contribution in [0.3, 0.4) is 0 Å². The van der Waals surface area contributed by atoms with Crippen LogP contribution in [-0.4, -0.2) is 53.5 Å². The molecule has 1 aliphatic rings. The van der Waals surface area contributed by atoms with E-state index in [1.54, 1.807) is 6.20 Å². The number of ether oxygens (including phenoxy) is 2. The maximum absolute atomic E-state index is 10.9. The van der Waals surface area contributed by atoms with Gasteiger partial charge in [0.1, 0.15) is 18.0 Å². The molecule has 24 heavy (non-hydrogen) atoms. The van der Waals surface area contributed by atoms with E-state index in [4.69, 9.17) is 9.47 Å². The second-order valence-electron chi connectivity index (χ2n) is 6.41. The molecular weight excluding hydrogens is 304 g/mol. The third-order valence-corrected chi connectivity index (χ3v) is 4.05. The fourth-order valence-electron chi connectivity index (χ4n) is 2.86. The molecule has 0 saturated carbocycles. The van der Waals surface area contributed by atoms with Gasteiger partial charge in [-0.1, -0.05) is 18.2 Å². The minimum Gasteiger partial charge on any atom is -0.490 e. The summed E-state index contributed by atoms with van der Waals surface area (Å²) in [6.07, 6.45) is 1.79. The molecule has 2 aromatic rings. The quantitative estimate of drug-likeness (QED) is 0.910. The minimum absolute atomic E-state index is 0.204. The van der Waals surface area contributed by atoms with Gasteiger partial charge in [0.25, 0.3) is 0 Å². The van der Waals surface area contributed by atoms with Gasteiger partial charge in [-0.05, 0) is 36.8 Å². The molecule has 0 aliphatic carbocycles. The van der Waals surface area contributed by atoms with E-state index in [0.29, 0.717) is 19.7 Å². The van der Waals surface area contributed by atoms with Gasteiger partial charge in [0.05, 0.1) is 18.9 Å². The molecule has 0 bridgehead atoms. The van der Waals surface area contributed by atoms with Crippen LogP contribution in [-0.2, 0) is 11.3 Å². The fourth-order valence-corrected chi connectivity index (χ4v) is 2.86. The van der Waals surface area contributed by atoms with Crippen LogP contribution in [0.15, 0.2) is 48.7 Å². The molecule has 1 N–H and O–H groups in total. The highest BCUT2D eigenvalue weighted by atomic mass is 16.5. The fraction of sp³-hybridized carbons (Fsp3) is 0.421. The Hall–Kier alpha value is -1.95. The standard InChI is InChI=1S/C19H24N2O3/c1-16-5-4-7-18(11-16)24-15-19(22)13-21(9-10-23-14-19)12-17-6-2-3-8-20-17/h2-8,11,22H,9-10,12-15H2,1H3. The van der Waals surface area contributed by atoms with Gasteiger partial charge >= 0.3 is 0 Å². The van der Waals surface area contributed by atoms with Gasteiger partial charge in [-0.15, -0.1) is 0 Å². The summed E-state index contributed by atoms with van der Waals surface area (Å²) in [6, 6.07) is 13.7. The maximum atomic E-state index is 10.9. The summed E-state index contributed by atoms with van der Waals surface area (Å²) >= 11 is 0. The maximum Gasteiger partial charge on any atom is 0.134 e. The molecule has 1 unspecified atom stereocenters. The number of hydrogen-bond donors (Lipinski definition) is 1. The number of nitrogens with zero attached hydrogens (tertiary/aromatic N) is 2. The van der Waals surface area contributed by atoms with Crippen molar-refractivity contribution in [1.82, 2.24) is 9.88 Å². The van der Waals surface area contributed by atoms with Crippen molar-refractivity contribution in [2.24, 2.45) is 0 Å². The lowest BCUT2D eigenvalue weighted by atomic mass is 10.1. The SMILES string of the molecule is Cc1cccc(OCC2(O)COCCN(Cc3ccccn3)C2)c1. The second kappa shape index (κ2) is 7.75. The smallest absolute Gasteiger partial charge is 0.134 e. The zero-order chi connectivity index (χ0) is 16.8. The molecule has 128 valence electrons. The number of aryl methyl sites for hydroxylation is 1. The van der Waals surface area contributed by atoms with Crippen LogP contribution in [0.5, 0.6) is 5.75 Å². The normalized spacial score (nSPS) is 22.1. The van der Waals surface area contributed by atoms with Crippen LogP contribution in [0, 0.1) is 6.92 Å². The van der Waals surface area contributed by atoms with E-state index in [9.17, 15) is 5.11 Å². The molecule has 1 aromatic carbocycles. The van der Waals surface area contributed by atoms with Crippen LogP contribution in [0.4, 0.5) is 0 Å². The highest BCUT2D eigenvalue weighted by Crippen LogP contribution is 2.18. The summed E-state index contributed by atoms with van der Waals surface area (Å²) in [7, 11) is 0. The number of hydrogen-bond acceptors (Lipinski definition) is 5. The van der Waals surface area contributed by atoms with E-state index < -0.39 is 5.60 Å². The first-order valence-electron chi connectivity index (χ1n) is 8.25. The zero-order valence-electron chi connectivity index (χ0n) is 14.0. The summed E-state index contributed by atoms with van der Waals surface area (Å²) < 4.78 is 11.4. The number of β-amino-alcohol motifs (C(OH)–C–C–N with tert-alkyl or cyclic N) is 1. The Kier molecular flexibility index (Phi) is 5.45. The van der Waals surface area contributed by atoms with Crippen LogP contribution in [0.25, 0.3) is 0 Å². The molecule has 1 atom stereocenters. The molecule has 0 spiro atoms. The van der Waals surface area contributed by atoms with Crippen molar-refractivity contribution in [2.75, 3.05) is 32.9 Å². The van der Waals surface area contributed by atoms with Gasteiger partial charge in [0.15, 0.2) is 0 Å². The molecule has 3 rings (SSSR count). The van der Waals surface area contributed by atoms with Gasteiger partial charge in [-0.2, -0.15) is 0 Å². The third-order valence-electron chi connectivity index (χ3n) is 4.05. The first kappa shape index (κ1) is 16.9. The van der Waals surface area contributed by atoms with Gasteiger partial charge < -0.3 is 14.6 Å². The topological polar surface area (TPSA) is 54.8 Å². The Bertz CT molecular complexity index is 650. The minimum atomic E-state index is -1.03. The lowest BCUT2D eigenvalue weighted by Gasteiger charge is -2.30. The van der Waals surface area contributed by atoms with Gasteiger partial charge in [0, 0.05) is 25.8 Å². The van der Waals surface area contributed by atoms with Crippen molar-refractivity contribution in [3.8, 4) is 5.75 Å². The predicted octanol–water partition coefficient (Wildman–Crippen LogP) is 2.03. The molecule has 5 heteroatoms. The molecule has 0 amide bonds. The summed E-state index contributed by atoms with van der Waals surface area (Å²) in [6.45, 7) is 5.05. The van der Waals surface area contributed by atoms with E-state index >= 15 is 0 Å². The second-order valence-corrected chi connectivity index (χ2v) is 6.41. The molecule has 1 fully saturated rings. The average Bonchev–Trinajstić information content (AvgIpc) is 2.76. The third kappa shape index (κ3) is 4.77. The molecular formula is C19H24N2O3. The van der Waals surface area contributed by atoms with E-state index in [1.807, 2.05) is 49.4 Å². The van der Waals surface area contributed by atoms with Crippen molar-refractivity contribution in [3.63, 3.8) is 0 Å². The van der Waals surface area contributed by atoms with Gasteiger partial charge in [-0.25, -0.2) is 0 Å². The van der Waals surface area contributed by atoms with Crippen molar-refractivity contribution in [2.45, 2.75) is 19.1 Å². The first-order valence-corrected chi connectivity index (χ1v) is 8.25. The molecule has 1 aromatic heterocycles. The monoisotopic (exact) mass is 328 g/mol. The number of benzene rings is 1. The Balaban J connectivity index is 1.62. The summed E-state index contributed by atoms with van der Waals surface area (Å²) in [4.78, 5) is 6.52. The molecule has 1 saturated heterocycles. The van der Waals surface area contributed by atoms with E-state index in [-0.39, 0.29) is 13.2 Å². The van der Waals surface area contributed by atoms with E-state index in [2.05, 4.69) is 9.88 Å². The van der Waals surface area contributed by atoms with Crippen molar-refractivity contribution in [1.29, 1.82) is 0 Å². The highest BCUT2D eigenvalue weighted by Gasteiger charge is 2.33. The average molecular weight is 328 g/mol. The molecule has 2 heterocycles. The van der Waals surface area contributed by atoms with Crippen LogP contribution in [0.2, 0.25) is 0 Å². The predicted molar refractivity (Wildman–Crippen MR) is 92.0 cm³/mol. The van der Waals surface area contributed by atoms with Crippen molar-refractivity contribution in [3.05, 3.63) is 59.9 Å². The summed E-state index contributed by atoms with van der Waals surface area (Å²) in [5.41, 5.74) is 1.09. The van der Waals surface area contributed by atoms with Crippen LogP contribution in [0.1, 0.15) is 11.3 Å². The Morgan fingerprint density at radius 3 is 3.00 bits per heavy atom. The summed E-state index contributed by atoms with van der Waals surface area (Å²) in [5, 5.41) is 10.9. The Labute approximate surface area is 142 Å². The number of rotatable bonds is 5. The Morgan fingerprint density at radius 1 is 1.29 bits per heavy atom.